The Kier molecular flexibility index (Phi) is 3.56. The van der Waals surface area contributed by atoms with Crippen LogP contribution in [0.1, 0.15) is 24.3 Å². The van der Waals surface area contributed by atoms with Gasteiger partial charge in [-0.2, -0.15) is 5.26 Å². The van der Waals surface area contributed by atoms with Crippen molar-refractivity contribution in [2.45, 2.75) is 18.8 Å². The van der Waals surface area contributed by atoms with Crippen LogP contribution in [-0.2, 0) is 0 Å². The molecule has 2 aliphatic heterocycles. The third kappa shape index (κ3) is 2.66. The van der Waals surface area contributed by atoms with E-state index in [1.165, 1.54) is 12.8 Å². The van der Waals surface area contributed by atoms with Gasteiger partial charge in [-0.3, -0.25) is 0 Å². The highest BCUT2D eigenvalue weighted by Gasteiger charge is 2.21. The first-order valence-electron chi connectivity index (χ1n) is 6.88. The first kappa shape index (κ1) is 12.3. The van der Waals surface area contributed by atoms with Gasteiger partial charge in [-0.05, 0) is 43.6 Å². The summed E-state index contributed by atoms with van der Waals surface area (Å²) in [7, 11) is 0. The van der Waals surface area contributed by atoms with E-state index in [1.807, 2.05) is 18.2 Å². The number of hydrogen-bond donors (Lipinski definition) is 0. The highest BCUT2D eigenvalue weighted by atomic mass is 16.6. The van der Waals surface area contributed by atoms with E-state index >= 15 is 0 Å². The molecule has 1 saturated heterocycles. The number of likely N-dealkylation sites (tertiary alicyclic amines) is 1. The Bertz CT molecular complexity index is 489. The van der Waals surface area contributed by atoms with Gasteiger partial charge in [0.25, 0.3) is 0 Å². The smallest absolute Gasteiger partial charge is 0.161 e. The summed E-state index contributed by atoms with van der Waals surface area (Å²) in [6.07, 6.45) is 2.50. The van der Waals surface area contributed by atoms with Gasteiger partial charge in [-0.15, -0.1) is 0 Å². The number of benzene rings is 1. The third-order valence-corrected chi connectivity index (χ3v) is 3.76. The minimum absolute atomic E-state index is 0.0890. The Balaban J connectivity index is 1.77. The Morgan fingerprint density at radius 3 is 2.63 bits per heavy atom. The summed E-state index contributed by atoms with van der Waals surface area (Å²) in [5.41, 5.74) is 1.03. The zero-order valence-corrected chi connectivity index (χ0v) is 11.0. The van der Waals surface area contributed by atoms with Crippen LogP contribution in [0.3, 0.4) is 0 Å². The Morgan fingerprint density at radius 1 is 1.16 bits per heavy atom. The molecule has 0 saturated carbocycles. The largest absolute Gasteiger partial charge is 0.486 e. The van der Waals surface area contributed by atoms with Crippen LogP contribution in [0.25, 0.3) is 0 Å². The summed E-state index contributed by atoms with van der Waals surface area (Å²) in [5.74, 6) is 1.47. The second kappa shape index (κ2) is 5.50. The van der Waals surface area contributed by atoms with Crippen LogP contribution in [0.4, 0.5) is 0 Å². The molecule has 4 nitrogen and oxygen atoms in total. The van der Waals surface area contributed by atoms with Gasteiger partial charge >= 0.3 is 0 Å². The monoisotopic (exact) mass is 258 g/mol. The number of ether oxygens (including phenoxy) is 2. The summed E-state index contributed by atoms with van der Waals surface area (Å²) in [6.45, 7) is 4.23. The van der Waals surface area contributed by atoms with Gasteiger partial charge in [-0.25, -0.2) is 0 Å². The van der Waals surface area contributed by atoms with Crippen molar-refractivity contribution in [3.63, 3.8) is 0 Å². The van der Waals surface area contributed by atoms with E-state index in [9.17, 15) is 5.26 Å². The normalized spacial score (nSPS) is 19.9. The Labute approximate surface area is 113 Å². The second-order valence-electron chi connectivity index (χ2n) is 5.09. The molecule has 1 unspecified atom stereocenters. The number of nitriles is 1. The fraction of sp³-hybridized carbons (Fsp3) is 0.533. The van der Waals surface area contributed by atoms with Crippen molar-refractivity contribution in [2.75, 3.05) is 32.8 Å². The van der Waals surface area contributed by atoms with E-state index in [2.05, 4.69) is 11.0 Å². The lowest BCUT2D eigenvalue weighted by Gasteiger charge is -2.22. The first-order chi connectivity index (χ1) is 9.36. The highest BCUT2D eigenvalue weighted by Crippen LogP contribution is 2.33. The fourth-order valence-electron chi connectivity index (χ4n) is 2.72. The number of fused-ring (bicyclic) bond motifs is 1. The predicted octanol–water partition coefficient (Wildman–Crippen LogP) is 2.16. The number of rotatable bonds is 3. The number of hydrogen-bond acceptors (Lipinski definition) is 4. The molecular weight excluding hydrogens is 240 g/mol. The van der Waals surface area contributed by atoms with E-state index in [1.54, 1.807) is 0 Å². The Morgan fingerprint density at radius 2 is 1.89 bits per heavy atom. The Hall–Kier alpha value is -1.73. The van der Waals surface area contributed by atoms with Gasteiger partial charge in [0.1, 0.15) is 13.2 Å². The zero-order chi connectivity index (χ0) is 13.1. The summed E-state index contributed by atoms with van der Waals surface area (Å²) in [4.78, 5) is 2.37. The molecule has 1 atom stereocenters. The molecule has 0 bridgehead atoms. The molecule has 1 aromatic rings. The molecule has 0 N–H and O–H groups in total. The minimum atomic E-state index is -0.0890. The van der Waals surface area contributed by atoms with Crippen molar-refractivity contribution in [1.29, 1.82) is 5.26 Å². The van der Waals surface area contributed by atoms with Crippen LogP contribution < -0.4 is 9.47 Å². The molecule has 4 heteroatoms. The SMILES string of the molecule is N#CC(CN1CCCC1)c1ccc2c(c1)OCCO2. The molecule has 100 valence electrons. The second-order valence-corrected chi connectivity index (χ2v) is 5.09. The highest BCUT2D eigenvalue weighted by molar-refractivity contribution is 5.45. The molecule has 0 amide bonds. The van der Waals surface area contributed by atoms with Crippen LogP contribution in [0, 0.1) is 11.3 Å². The molecule has 19 heavy (non-hydrogen) atoms. The third-order valence-electron chi connectivity index (χ3n) is 3.76. The molecule has 1 fully saturated rings. The van der Waals surface area contributed by atoms with E-state index in [0.717, 1.165) is 36.7 Å². The van der Waals surface area contributed by atoms with Gasteiger partial charge in [0.2, 0.25) is 0 Å². The summed E-state index contributed by atoms with van der Waals surface area (Å²) in [6, 6.07) is 8.27. The maximum absolute atomic E-state index is 9.40. The molecule has 0 spiro atoms. The standard InChI is InChI=1S/C15H18N2O2/c16-10-13(11-17-5-1-2-6-17)12-3-4-14-15(9-12)19-8-7-18-14/h3-4,9,13H,1-2,5-8,11H2. The summed E-state index contributed by atoms with van der Waals surface area (Å²) in [5, 5.41) is 9.40. The first-order valence-corrected chi connectivity index (χ1v) is 6.88. The molecule has 0 aliphatic carbocycles. The van der Waals surface area contributed by atoms with Crippen molar-refractivity contribution in [3.8, 4) is 17.6 Å². The molecular formula is C15H18N2O2. The van der Waals surface area contributed by atoms with E-state index in [4.69, 9.17) is 9.47 Å². The molecule has 0 radical (unpaired) electrons. The maximum Gasteiger partial charge on any atom is 0.161 e. The minimum Gasteiger partial charge on any atom is -0.486 e. The van der Waals surface area contributed by atoms with Crippen molar-refractivity contribution < 1.29 is 9.47 Å². The van der Waals surface area contributed by atoms with Crippen molar-refractivity contribution in [1.82, 2.24) is 4.90 Å². The van der Waals surface area contributed by atoms with Gasteiger partial charge in [0.05, 0.1) is 12.0 Å². The van der Waals surface area contributed by atoms with Gasteiger partial charge < -0.3 is 14.4 Å². The molecule has 2 heterocycles. The average Bonchev–Trinajstić information content (AvgIpc) is 2.97. The van der Waals surface area contributed by atoms with Gasteiger partial charge in [0.15, 0.2) is 11.5 Å². The van der Waals surface area contributed by atoms with Crippen LogP contribution in [0.15, 0.2) is 18.2 Å². The summed E-state index contributed by atoms with van der Waals surface area (Å²) >= 11 is 0. The lowest BCUT2D eigenvalue weighted by molar-refractivity contribution is 0.171. The zero-order valence-electron chi connectivity index (χ0n) is 11.0. The maximum atomic E-state index is 9.40. The van der Waals surface area contributed by atoms with Crippen molar-refractivity contribution in [2.24, 2.45) is 0 Å². The van der Waals surface area contributed by atoms with Gasteiger partial charge in [0, 0.05) is 6.54 Å². The summed E-state index contributed by atoms with van der Waals surface area (Å²) < 4.78 is 11.1. The lowest BCUT2D eigenvalue weighted by Crippen LogP contribution is -2.25. The molecule has 0 aromatic heterocycles. The van der Waals surface area contributed by atoms with Crippen LogP contribution in [0.5, 0.6) is 11.5 Å². The van der Waals surface area contributed by atoms with Crippen molar-refractivity contribution >= 4 is 0 Å². The van der Waals surface area contributed by atoms with E-state index in [-0.39, 0.29) is 5.92 Å². The predicted molar refractivity (Wildman–Crippen MR) is 71.5 cm³/mol. The molecule has 3 rings (SSSR count). The molecule has 2 aliphatic rings. The topological polar surface area (TPSA) is 45.5 Å². The number of nitrogens with zero attached hydrogens (tertiary/aromatic N) is 2. The quantitative estimate of drug-likeness (QED) is 0.833. The van der Waals surface area contributed by atoms with E-state index in [0.29, 0.717) is 13.2 Å². The fourth-order valence-corrected chi connectivity index (χ4v) is 2.72. The average molecular weight is 258 g/mol. The lowest BCUT2D eigenvalue weighted by atomic mass is 9.99. The van der Waals surface area contributed by atoms with Crippen LogP contribution in [0.2, 0.25) is 0 Å². The van der Waals surface area contributed by atoms with Crippen LogP contribution in [-0.4, -0.2) is 37.7 Å². The van der Waals surface area contributed by atoms with Gasteiger partial charge in [-0.1, -0.05) is 6.07 Å². The van der Waals surface area contributed by atoms with E-state index < -0.39 is 0 Å². The van der Waals surface area contributed by atoms with Crippen LogP contribution >= 0.6 is 0 Å². The molecule has 1 aromatic carbocycles. The van der Waals surface area contributed by atoms with Crippen molar-refractivity contribution in [3.05, 3.63) is 23.8 Å².